The molecule has 154 valence electrons. The maximum atomic E-state index is 13.4. The number of imide groups is 1. The quantitative estimate of drug-likeness (QED) is 0.588. The van der Waals surface area contributed by atoms with Gasteiger partial charge in [-0.15, -0.1) is 0 Å². The lowest BCUT2D eigenvalue weighted by Gasteiger charge is -2.31. The Balaban J connectivity index is 1.51. The normalized spacial score (nSPS) is 26.9. The summed E-state index contributed by atoms with van der Waals surface area (Å²) in [6, 6.07) is 14.0. The van der Waals surface area contributed by atoms with Crippen molar-refractivity contribution in [1.29, 1.82) is 0 Å². The van der Waals surface area contributed by atoms with Crippen molar-refractivity contribution in [3.05, 3.63) is 69.2 Å². The summed E-state index contributed by atoms with van der Waals surface area (Å²) in [6.07, 6.45) is 2.95. The van der Waals surface area contributed by atoms with Crippen LogP contribution in [0.5, 0.6) is 0 Å². The van der Waals surface area contributed by atoms with E-state index in [1.54, 1.807) is 24.3 Å². The van der Waals surface area contributed by atoms with Crippen LogP contribution in [-0.4, -0.2) is 27.7 Å². The summed E-state index contributed by atoms with van der Waals surface area (Å²) in [6.45, 7) is 0.140. The van der Waals surface area contributed by atoms with E-state index in [1.165, 1.54) is 5.01 Å². The van der Waals surface area contributed by atoms with Crippen LogP contribution in [0.3, 0.4) is 0 Å². The third kappa shape index (κ3) is 3.17. The lowest BCUT2D eigenvalue weighted by atomic mass is 9.81. The van der Waals surface area contributed by atoms with Gasteiger partial charge in [-0.2, -0.15) is 5.01 Å². The highest BCUT2D eigenvalue weighted by Crippen LogP contribution is 2.56. The van der Waals surface area contributed by atoms with Crippen molar-refractivity contribution >= 4 is 45.3 Å². The topological polar surface area (TPSA) is 57.7 Å². The molecule has 2 aliphatic carbocycles. The van der Waals surface area contributed by atoms with Gasteiger partial charge in [-0.05, 0) is 73.1 Å². The molecule has 3 fully saturated rings. The molecule has 2 saturated carbocycles. The molecule has 0 radical (unpaired) electrons. The lowest BCUT2D eigenvalue weighted by molar-refractivity contribution is -0.156. The number of benzene rings is 2. The Labute approximate surface area is 188 Å². The van der Waals surface area contributed by atoms with Gasteiger partial charge in [0.05, 0.1) is 18.4 Å². The van der Waals surface area contributed by atoms with Gasteiger partial charge in [-0.25, -0.2) is 5.01 Å². The number of rotatable bonds is 4. The van der Waals surface area contributed by atoms with Crippen LogP contribution in [0.2, 0.25) is 5.02 Å². The van der Waals surface area contributed by atoms with Crippen LogP contribution in [0.15, 0.2) is 53.0 Å². The third-order valence-electron chi connectivity index (χ3n) is 6.72. The lowest BCUT2D eigenvalue weighted by Crippen LogP contribution is -2.50. The fourth-order valence-corrected chi connectivity index (χ4v) is 5.76. The van der Waals surface area contributed by atoms with Crippen LogP contribution in [0.4, 0.5) is 0 Å². The smallest absolute Gasteiger partial charge is 0.272 e. The molecule has 3 aliphatic rings. The molecule has 5 nitrogen and oxygen atoms in total. The summed E-state index contributed by atoms with van der Waals surface area (Å²) in [4.78, 5) is 40.1. The van der Waals surface area contributed by atoms with E-state index in [-0.39, 0.29) is 47.9 Å². The van der Waals surface area contributed by atoms with Gasteiger partial charge in [0.1, 0.15) is 0 Å². The van der Waals surface area contributed by atoms with E-state index in [2.05, 4.69) is 15.9 Å². The van der Waals surface area contributed by atoms with Crippen molar-refractivity contribution in [2.45, 2.75) is 25.8 Å². The minimum atomic E-state index is -0.386. The van der Waals surface area contributed by atoms with Gasteiger partial charge < -0.3 is 0 Å². The predicted octanol–water partition coefficient (Wildman–Crippen LogP) is 4.69. The van der Waals surface area contributed by atoms with E-state index < -0.39 is 0 Å². The number of carbonyl (C=O) groups excluding carboxylic acids is 3. The average Bonchev–Trinajstić information content (AvgIpc) is 3.42. The van der Waals surface area contributed by atoms with E-state index in [4.69, 9.17) is 11.6 Å². The first-order chi connectivity index (χ1) is 14.4. The van der Waals surface area contributed by atoms with Crippen LogP contribution < -0.4 is 0 Å². The zero-order valence-corrected chi connectivity index (χ0v) is 18.5. The van der Waals surface area contributed by atoms with Gasteiger partial charge in [0, 0.05) is 15.1 Å². The molecule has 0 aromatic heterocycles. The fraction of sp³-hybridized carbons (Fsp3) is 0.348. The molecule has 0 unspecified atom stereocenters. The van der Waals surface area contributed by atoms with Gasteiger partial charge in [0.25, 0.3) is 17.7 Å². The van der Waals surface area contributed by atoms with E-state index in [1.807, 2.05) is 24.3 Å². The largest absolute Gasteiger partial charge is 0.273 e. The summed E-state index contributed by atoms with van der Waals surface area (Å²) < 4.78 is 0.918. The van der Waals surface area contributed by atoms with Crippen molar-refractivity contribution in [2.24, 2.45) is 23.7 Å². The number of hydrogen-bond donors (Lipinski definition) is 0. The molecule has 4 atom stereocenters. The molecule has 2 aromatic carbocycles. The summed E-state index contributed by atoms with van der Waals surface area (Å²) in [5.41, 5.74) is 1.22. The highest BCUT2D eigenvalue weighted by atomic mass is 79.9. The summed E-state index contributed by atoms with van der Waals surface area (Å²) in [5, 5.41) is 2.97. The van der Waals surface area contributed by atoms with Crippen LogP contribution in [0.25, 0.3) is 0 Å². The van der Waals surface area contributed by atoms with Crippen molar-refractivity contribution in [2.75, 3.05) is 0 Å². The standard InChI is InChI=1S/C23H20BrClN2O3/c24-17-7-1-13(2-8-17)12-26(21(28)14-5-9-18(25)10-6-14)27-22(29)19-15-3-4-16(11-15)20(19)23(27)30/h1-2,5-10,15-16,19-20H,3-4,11-12H2/t15-,16-,19+,20+/m0/s1. The van der Waals surface area contributed by atoms with Crippen LogP contribution >= 0.6 is 27.5 Å². The summed E-state index contributed by atoms with van der Waals surface area (Å²) in [7, 11) is 0. The fourth-order valence-electron chi connectivity index (χ4n) is 5.37. The number of nitrogens with zero attached hydrogens (tertiary/aromatic N) is 2. The molecular weight excluding hydrogens is 468 g/mol. The highest BCUT2D eigenvalue weighted by molar-refractivity contribution is 9.10. The highest BCUT2D eigenvalue weighted by Gasteiger charge is 2.62. The zero-order chi connectivity index (χ0) is 21.0. The van der Waals surface area contributed by atoms with E-state index in [0.717, 1.165) is 34.3 Å². The first-order valence-electron chi connectivity index (χ1n) is 10.1. The van der Waals surface area contributed by atoms with Gasteiger partial charge in [-0.3, -0.25) is 14.4 Å². The minimum Gasteiger partial charge on any atom is -0.272 e. The summed E-state index contributed by atoms with van der Waals surface area (Å²) in [5.74, 6) is -0.858. The number of amides is 3. The Morgan fingerprint density at radius 1 is 0.967 bits per heavy atom. The molecule has 1 heterocycles. The molecule has 1 saturated heterocycles. The molecule has 2 bridgehead atoms. The van der Waals surface area contributed by atoms with Crippen LogP contribution in [0, 0.1) is 23.7 Å². The molecule has 7 heteroatoms. The predicted molar refractivity (Wildman–Crippen MR) is 115 cm³/mol. The molecule has 0 spiro atoms. The SMILES string of the molecule is O=C(c1ccc(Cl)cc1)N(Cc1ccc(Br)cc1)N1C(=O)[C@@H]2[C@H]3CC[C@@H](C3)[C@H]2C1=O. The number of fused-ring (bicyclic) bond motifs is 5. The van der Waals surface area contributed by atoms with E-state index >= 15 is 0 Å². The Kier molecular flexibility index (Phi) is 4.94. The first kappa shape index (κ1) is 19.8. The second kappa shape index (κ2) is 7.50. The Hall–Kier alpha value is -2.18. The Morgan fingerprint density at radius 2 is 1.53 bits per heavy atom. The van der Waals surface area contributed by atoms with Crippen molar-refractivity contribution in [3.63, 3.8) is 0 Å². The molecule has 5 rings (SSSR count). The number of halogens is 2. The maximum Gasteiger partial charge on any atom is 0.273 e. The Bertz CT molecular complexity index is 996. The van der Waals surface area contributed by atoms with Crippen LogP contribution in [-0.2, 0) is 16.1 Å². The van der Waals surface area contributed by atoms with Crippen molar-refractivity contribution in [3.8, 4) is 0 Å². The van der Waals surface area contributed by atoms with E-state index in [9.17, 15) is 14.4 Å². The number of carbonyl (C=O) groups is 3. The van der Waals surface area contributed by atoms with Gasteiger partial charge >= 0.3 is 0 Å². The van der Waals surface area contributed by atoms with Gasteiger partial charge in [0.2, 0.25) is 0 Å². The molecule has 3 amide bonds. The van der Waals surface area contributed by atoms with Gasteiger partial charge in [-0.1, -0.05) is 39.7 Å². The monoisotopic (exact) mass is 486 g/mol. The average molecular weight is 488 g/mol. The third-order valence-corrected chi connectivity index (χ3v) is 7.50. The maximum absolute atomic E-state index is 13.4. The zero-order valence-electron chi connectivity index (χ0n) is 16.1. The Morgan fingerprint density at radius 3 is 2.10 bits per heavy atom. The second-order valence-corrected chi connectivity index (χ2v) is 9.72. The molecule has 0 N–H and O–H groups in total. The van der Waals surface area contributed by atoms with Crippen molar-refractivity contribution in [1.82, 2.24) is 10.0 Å². The van der Waals surface area contributed by atoms with E-state index in [0.29, 0.717) is 10.6 Å². The molecule has 1 aliphatic heterocycles. The molecule has 30 heavy (non-hydrogen) atoms. The first-order valence-corrected chi connectivity index (χ1v) is 11.3. The molecule has 2 aromatic rings. The van der Waals surface area contributed by atoms with Gasteiger partial charge in [0.15, 0.2) is 0 Å². The minimum absolute atomic E-state index is 0.140. The second-order valence-electron chi connectivity index (χ2n) is 8.37. The molecular formula is C23H20BrClN2O3. The number of hydrogen-bond acceptors (Lipinski definition) is 3. The number of hydrazine groups is 1. The summed E-state index contributed by atoms with van der Waals surface area (Å²) >= 11 is 9.38. The van der Waals surface area contributed by atoms with Crippen molar-refractivity contribution < 1.29 is 14.4 Å². The van der Waals surface area contributed by atoms with Crippen LogP contribution in [0.1, 0.15) is 35.2 Å².